The number of aromatic nitrogens is 4. The zero-order valence-electron chi connectivity index (χ0n) is 16.7. The molecule has 3 rings (SSSR count). The Labute approximate surface area is 179 Å². The number of nitrogens with one attached hydrogen (secondary N) is 1. The Bertz CT molecular complexity index is 1030. The van der Waals surface area contributed by atoms with E-state index in [0.717, 1.165) is 11.4 Å². The van der Waals surface area contributed by atoms with Gasteiger partial charge in [0.25, 0.3) is 0 Å². The van der Waals surface area contributed by atoms with Crippen LogP contribution in [0.4, 0.5) is 11.4 Å². The Morgan fingerprint density at radius 3 is 2.83 bits per heavy atom. The largest absolute Gasteiger partial charge is 0.462 e. The van der Waals surface area contributed by atoms with Crippen molar-refractivity contribution in [2.45, 2.75) is 25.3 Å². The van der Waals surface area contributed by atoms with Crippen LogP contribution in [-0.4, -0.2) is 39.8 Å². The quantitative estimate of drug-likeness (QED) is 0.384. The van der Waals surface area contributed by atoms with Crippen molar-refractivity contribution in [3.8, 4) is 0 Å². The Morgan fingerprint density at radius 1 is 1.40 bits per heavy atom. The minimum absolute atomic E-state index is 0.146. The topological polar surface area (TPSA) is 107 Å². The van der Waals surface area contributed by atoms with Gasteiger partial charge < -0.3 is 10.1 Å². The summed E-state index contributed by atoms with van der Waals surface area (Å²) in [6.07, 6.45) is 6.58. The van der Waals surface area contributed by atoms with Crippen LogP contribution in [0.15, 0.2) is 70.6 Å². The number of benzene rings is 1. The fourth-order valence-electron chi connectivity index (χ4n) is 2.96. The molecule has 0 aliphatic heterocycles. The van der Waals surface area contributed by atoms with Crippen LogP contribution in [-0.2, 0) is 15.1 Å². The van der Waals surface area contributed by atoms with Gasteiger partial charge in [-0.3, -0.25) is 0 Å². The van der Waals surface area contributed by atoms with Crippen LogP contribution < -0.4 is 5.32 Å². The van der Waals surface area contributed by atoms with Gasteiger partial charge in [-0.2, -0.15) is 5.11 Å². The molecule has 1 N–H and O–H groups in total. The van der Waals surface area contributed by atoms with E-state index >= 15 is 0 Å². The molecule has 1 atom stereocenters. The van der Waals surface area contributed by atoms with Crippen molar-refractivity contribution in [3.05, 3.63) is 65.6 Å². The van der Waals surface area contributed by atoms with Gasteiger partial charge in [0, 0.05) is 19.0 Å². The summed E-state index contributed by atoms with van der Waals surface area (Å²) in [5.74, 6) is -0.444. The van der Waals surface area contributed by atoms with E-state index in [1.807, 2.05) is 49.5 Å². The van der Waals surface area contributed by atoms with Gasteiger partial charge in [0.05, 0.1) is 23.5 Å². The number of tetrazole rings is 1. The Hall–Kier alpha value is -3.33. The highest BCUT2D eigenvalue weighted by Crippen LogP contribution is 2.34. The van der Waals surface area contributed by atoms with Gasteiger partial charge in [-0.1, -0.05) is 36.0 Å². The molecule has 2 aromatic rings. The molecule has 30 heavy (non-hydrogen) atoms. The van der Waals surface area contributed by atoms with E-state index in [9.17, 15) is 4.79 Å². The van der Waals surface area contributed by atoms with Gasteiger partial charge in [0.2, 0.25) is 5.28 Å². The van der Waals surface area contributed by atoms with Gasteiger partial charge in [0.15, 0.2) is 0 Å². The number of carbonyl (C=O) groups excluding carboxylic acids is 1. The van der Waals surface area contributed by atoms with Gasteiger partial charge in [-0.05, 0) is 53.6 Å². The number of azo groups is 1. The standard InChI is InChI=1S/C20H22ClN7O2/c1-14(2)18(29)30-13-12-20(28-19(21)25-26-27-28)10-8-15(9-11-20)23-24-17-7-5-4-6-16(17)22-3/h4-10,22H,1,11-13H2,2-3H3. The maximum absolute atomic E-state index is 11.7. The summed E-state index contributed by atoms with van der Waals surface area (Å²) in [5, 5.41) is 23.3. The first kappa shape index (κ1) is 21.4. The third-order valence-corrected chi connectivity index (χ3v) is 4.88. The molecule has 0 saturated heterocycles. The van der Waals surface area contributed by atoms with E-state index in [1.165, 1.54) is 4.68 Å². The first-order chi connectivity index (χ1) is 14.4. The van der Waals surface area contributed by atoms with Crippen molar-refractivity contribution >= 4 is 28.9 Å². The average Bonchev–Trinajstić information content (AvgIpc) is 3.19. The van der Waals surface area contributed by atoms with Crippen molar-refractivity contribution in [1.29, 1.82) is 0 Å². The van der Waals surface area contributed by atoms with E-state index in [1.54, 1.807) is 6.92 Å². The molecule has 156 valence electrons. The lowest BCUT2D eigenvalue weighted by molar-refractivity contribution is -0.139. The van der Waals surface area contributed by atoms with E-state index in [2.05, 4.69) is 37.6 Å². The summed E-state index contributed by atoms with van der Waals surface area (Å²) >= 11 is 6.17. The number of allylic oxidation sites excluding steroid dienone is 3. The maximum atomic E-state index is 11.7. The summed E-state index contributed by atoms with van der Waals surface area (Å²) in [7, 11) is 1.83. The SMILES string of the molecule is C=C(C)C(=O)OCCC1(n2nnnc2Cl)C=CC(N=Nc2ccccc2NC)=CC1. The summed E-state index contributed by atoms with van der Waals surface area (Å²) in [6, 6.07) is 7.63. The maximum Gasteiger partial charge on any atom is 0.333 e. The van der Waals surface area contributed by atoms with E-state index < -0.39 is 11.5 Å². The molecule has 0 fully saturated rings. The van der Waals surface area contributed by atoms with Crippen LogP contribution in [0.5, 0.6) is 0 Å². The highest BCUT2D eigenvalue weighted by Gasteiger charge is 2.34. The zero-order chi connectivity index (χ0) is 21.6. The molecule has 1 aromatic carbocycles. The summed E-state index contributed by atoms with van der Waals surface area (Å²) in [5.41, 5.74) is 1.97. The van der Waals surface area contributed by atoms with Crippen LogP contribution in [0.25, 0.3) is 0 Å². The first-order valence-electron chi connectivity index (χ1n) is 9.30. The molecular formula is C20H22ClN7O2. The molecule has 0 radical (unpaired) electrons. The van der Waals surface area contributed by atoms with Gasteiger partial charge in [-0.25, -0.2) is 9.48 Å². The third-order valence-electron chi connectivity index (χ3n) is 4.65. The molecule has 1 heterocycles. The molecule has 1 aliphatic carbocycles. The minimum atomic E-state index is -0.683. The van der Waals surface area contributed by atoms with Gasteiger partial charge in [0.1, 0.15) is 5.69 Å². The van der Waals surface area contributed by atoms with Crippen LogP contribution in [0, 0.1) is 0 Å². The fourth-order valence-corrected chi connectivity index (χ4v) is 3.19. The smallest absolute Gasteiger partial charge is 0.333 e. The number of halogens is 1. The van der Waals surface area contributed by atoms with Crippen LogP contribution in [0.2, 0.25) is 5.28 Å². The Balaban J connectivity index is 1.77. The summed E-state index contributed by atoms with van der Waals surface area (Å²) < 4.78 is 6.77. The lowest BCUT2D eigenvalue weighted by atomic mass is 9.87. The number of rotatable bonds is 8. The average molecular weight is 428 g/mol. The molecule has 0 amide bonds. The summed E-state index contributed by atoms with van der Waals surface area (Å²) in [4.78, 5) is 11.7. The first-order valence-corrected chi connectivity index (χ1v) is 9.68. The number of nitrogens with zero attached hydrogens (tertiary/aromatic N) is 6. The second kappa shape index (κ2) is 9.45. The van der Waals surface area contributed by atoms with Crippen molar-refractivity contribution in [3.63, 3.8) is 0 Å². The van der Waals surface area contributed by atoms with Crippen LogP contribution in [0.1, 0.15) is 19.8 Å². The lowest BCUT2D eigenvalue weighted by Crippen LogP contribution is -2.35. The molecule has 0 bridgehead atoms. The molecule has 1 aliphatic rings. The van der Waals surface area contributed by atoms with Crippen molar-refractivity contribution in [1.82, 2.24) is 20.2 Å². The van der Waals surface area contributed by atoms with E-state index in [0.29, 0.717) is 24.1 Å². The Morgan fingerprint density at radius 2 is 2.20 bits per heavy atom. The molecule has 0 spiro atoms. The zero-order valence-corrected chi connectivity index (χ0v) is 17.5. The minimum Gasteiger partial charge on any atom is -0.462 e. The number of hydrogen-bond acceptors (Lipinski definition) is 8. The van der Waals surface area contributed by atoms with E-state index in [-0.39, 0.29) is 11.9 Å². The number of hydrogen-bond donors (Lipinski definition) is 1. The predicted molar refractivity (Wildman–Crippen MR) is 114 cm³/mol. The predicted octanol–water partition coefficient (Wildman–Crippen LogP) is 4.20. The van der Waals surface area contributed by atoms with Crippen molar-refractivity contribution in [2.75, 3.05) is 19.0 Å². The third kappa shape index (κ3) is 4.80. The van der Waals surface area contributed by atoms with Crippen molar-refractivity contribution in [2.24, 2.45) is 10.2 Å². The number of esters is 1. The van der Waals surface area contributed by atoms with Crippen LogP contribution in [0.3, 0.4) is 0 Å². The number of anilines is 1. The molecular weight excluding hydrogens is 406 g/mol. The molecule has 10 heteroatoms. The normalized spacial score (nSPS) is 18.3. The highest BCUT2D eigenvalue weighted by atomic mass is 35.5. The molecule has 9 nitrogen and oxygen atoms in total. The van der Waals surface area contributed by atoms with Gasteiger partial charge in [-0.15, -0.1) is 5.11 Å². The number of para-hydroxylation sites is 1. The highest BCUT2D eigenvalue weighted by molar-refractivity contribution is 6.28. The van der Waals surface area contributed by atoms with Gasteiger partial charge >= 0.3 is 5.97 Å². The lowest BCUT2D eigenvalue weighted by Gasteiger charge is -2.31. The Kier molecular flexibility index (Phi) is 6.73. The molecule has 1 unspecified atom stereocenters. The number of ether oxygens (including phenoxy) is 1. The van der Waals surface area contributed by atoms with Crippen LogP contribution >= 0.6 is 11.6 Å². The molecule has 0 saturated carbocycles. The van der Waals surface area contributed by atoms with E-state index in [4.69, 9.17) is 16.3 Å². The monoisotopic (exact) mass is 427 g/mol. The second-order valence-corrected chi connectivity index (χ2v) is 7.10. The molecule has 1 aromatic heterocycles. The fraction of sp³-hybridized carbons (Fsp3) is 0.300. The second-order valence-electron chi connectivity index (χ2n) is 6.76. The van der Waals surface area contributed by atoms with Crippen molar-refractivity contribution < 1.29 is 9.53 Å². The number of carbonyl (C=O) groups is 1. The summed E-state index contributed by atoms with van der Waals surface area (Å²) in [6.45, 7) is 5.34.